The van der Waals surface area contributed by atoms with Gasteiger partial charge in [0.2, 0.25) is 0 Å². The quantitative estimate of drug-likeness (QED) is 0.219. The summed E-state index contributed by atoms with van der Waals surface area (Å²) in [7, 11) is 0. The maximum Gasteiger partial charge on any atom is 0.123 e. The molecule has 0 saturated carbocycles. The summed E-state index contributed by atoms with van der Waals surface area (Å²) in [5, 5.41) is 34.9. The third kappa shape index (κ3) is 9.88. The van der Waals surface area contributed by atoms with Crippen LogP contribution in [0, 0.1) is 11.3 Å². The van der Waals surface area contributed by atoms with Crippen LogP contribution in [0.5, 0.6) is 17.2 Å². The van der Waals surface area contributed by atoms with E-state index in [1.54, 1.807) is 0 Å². The lowest BCUT2D eigenvalue weighted by Gasteiger charge is -2.40. The molecule has 4 rings (SSSR count). The lowest BCUT2D eigenvalue weighted by atomic mass is 9.65. The number of benzene rings is 3. The largest absolute Gasteiger partial charge is 0.507 e. The highest BCUT2D eigenvalue weighted by molar-refractivity contribution is 5.55. The molecule has 3 N–H and O–H groups in total. The van der Waals surface area contributed by atoms with Gasteiger partial charge in [-0.3, -0.25) is 0 Å². The Hall–Kier alpha value is -3.46. The Kier molecular flexibility index (Phi) is 12.1. The van der Waals surface area contributed by atoms with Crippen LogP contribution in [0.15, 0.2) is 59.2 Å². The third-order valence-corrected chi connectivity index (χ3v) is 12.7. The van der Waals surface area contributed by atoms with E-state index in [-0.39, 0.29) is 43.8 Å². The summed E-state index contributed by atoms with van der Waals surface area (Å²) < 4.78 is 0. The fourth-order valence-corrected chi connectivity index (χ4v) is 8.93. The number of allylic oxidation sites excluding steroid dienone is 4. The van der Waals surface area contributed by atoms with E-state index < -0.39 is 0 Å². The van der Waals surface area contributed by atoms with E-state index in [0.717, 1.165) is 52.6 Å². The van der Waals surface area contributed by atoms with E-state index in [1.165, 1.54) is 33.4 Å². The Labute approximate surface area is 349 Å². The lowest BCUT2D eigenvalue weighted by Crippen LogP contribution is -2.29. The van der Waals surface area contributed by atoms with Crippen LogP contribution in [0.1, 0.15) is 195 Å². The molecule has 0 fully saturated rings. The van der Waals surface area contributed by atoms with Crippen LogP contribution in [0.2, 0.25) is 0 Å². The van der Waals surface area contributed by atoms with Crippen LogP contribution in [0.4, 0.5) is 0 Å². The molecule has 3 heteroatoms. The molecule has 314 valence electrons. The molecule has 0 aliphatic heterocycles. The van der Waals surface area contributed by atoms with Crippen molar-refractivity contribution in [2.75, 3.05) is 0 Å². The SMILES string of the molecule is CC1=C(Cc2cc(C(C)(C)C)c(O)c(C(C)(C)C)c2)C(C)C(Cc2cc(C(C)(C)C)c(O)c(C(C)(C)C)c2)=CC1(C)Cc1cc(C(C)(C)C)c(O)c(C(C)(C)C)c1. The van der Waals surface area contributed by atoms with Crippen LogP contribution < -0.4 is 0 Å². The van der Waals surface area contributed by atoms with Gasteiger partial charge in [-0.2, -0.15) is 0 Å². The molecule has 2 atom stereocenters. The Morgan fingerprint density at radius 3 is 1.00 bits per heavy atom. The normalized spacial score (nSPS) is 19.0. The van der Waals surface area contributed by atoms with Gasteiger partial charge in [-0.1, -0.05) is 198 Å². The first-order valence-corrected chi connectivity index (χ1v) is 21.5. The molecule has 0 amide bonds. The smallest absolute Gasteiger partial charge is 0.123 e. The van der Waals surface area contributed by atoms with Gasteiger partial charge in [0.1, 0.15) is 17.2 Å². The van der Waals surface area contributed by atoms with Crippen molar-refractivity contribution in [1.29, 1.82) is 0 Å². The first kappa shape index (κ1) is 46.2. The van der Waals surface area contributed by atoms with E-state index in [2.05, 4.69) is 188 Å². The number of hydrogen-bond acceptors (Lipinski definition) is 3. The molecular weight excluding hydrogens is 697 g/mol. The van der Waals surface area contributed by atoms with Crippen LogP contribution in [0.25, 0.3) is 0 Å². The zero-order valence-electron chi connectivity index (χ0n) is 40.1. The van der Waals surface area contributed by atoms with Gasteiger partial charge in [0, 0.05) is 5.41 Å². The Morgan fingerprint density at radius 1 is 0.456 bits per heavy atom. The summed E-state index contributed by atoms with van der Waals surface area (Å²) >= 11 is 0. The number of aromatic hydroxyl groups is 3. The van der Waals surface area contributed by atoms with Gasteiger partial charge in [0.15, 0.2) is 0 Å². The minimum atomic E-state index is -0.300. The molecule has 3 aromatic carbocycles. The van der Waals surface area contributed by atoms with Crippen molar-refractivity contribution in [1.82, 2.24) is 0 Å². The number of rotatable bonds is 6. The topological polar surface area (TPSA) is 60.7 Å². The second-order valence-corrected chi connectivity index (χ2v) is 24.2. The second kappa shape index (κ2) is 15.0. The molecule has 0 bridgehead atoms. The van der Waals surface area contributed by atoms with Crippen LogP contribution in [-0.2, 0) is 51.8 Å². The van der Waals surface area contributed by atoms with Crippen LogP contribution in [0.3, 0.4) is 0 Å². The van der Waals surface area contributed by atoms with E-state index in [9.17, 15) is 15.3 Å². The average molecular weight is 777 g/mol. The van der Waals surface area contributed by atoms with Crippen molar-refractivity contribution < 1.29 is 15.3 Å². The van der Waals surface area contributed by atoms with Crippen molar-refractivity contribution in [2.24, 2.45) is 11.3 Å². The highest BCUT2D eigenvalue weighted by atomic mass is 16.3. The molecule has 0 spiro atoms. The molecular formula is C54H80O3. The fourth-order valence-electron chi connectivity index (χ4n) is 8.93. The van der Waals surface area contributed by atoms with Crippen molar-refractivity contribution in [3.05, 3.63) is 109 Å². The molecule has 3 aromatic rings. The van der Waals surface area contributed by atoms with Crippen molar-refractivity contribution in [3.63, 3.8) is 0 Å². The highest BCUT2D eigenvalue weighted by Gasteiger charge is 2.37. The zero-order valence-corrected chi connectivity index (χ0v) is 40.1. The van der Waals surface area contributed by atoms with Gasteiger partial charge in [0.05, 0.1) is 0 Å². The van der Waals surface area contributed by atoms with E-state index in [1.807, 2.05) is 0 Å². The first-order chi connectivity index (χ1) is 25.5. The van der Waals surface area contributed by atoms with Gasteiger partial charge in [-0.15, -0.1) is 0 Å². The molecule has 2 unspecified atom stereocenters. The minimum absolute atomic E-state index is 0.183. The molecule has 0 heterocycles. The predicted molar refractivity (Wildman–Crippen MR) is 246 cm³/mol. The maximum atomic E-state index is 11.7. The third-order valence-electron chi connectivity index (χ3n) is 12.7. The summed E-state index contributed by atoms with van der Waals surface area (Å²) in [6.07, 6.45) is 4.94. The summed E-state index contributed by atoms with van der Waals surface area (Å²) in [4.78, 5) is 0. The van der Waals surface area contributed by atoms with Gasteiger partial charge in [-0.25, -0.2) is 0 Å². The Balaban J connectivity index is 2.02. The monoisotopic (exact) mass is 777 g/mol. The van der Waals surface area contributed by atoms with Crippen molar-refractivity contribution >= 4 is 0 Å². The summed E-state index contributed by atoms with van der Waals surface area (Å²) in [6.45, 7) is 46.5. The zero-order chi connectivity index (χ0) is 43.8. The van der Waals surface area contributed by atoms with E-state index >= 15 is 0 Å². The fraction of sp³-hybridized carbons (Fsp3) is 0.593. The van der Waals surface area contributed by atoms with Crippen molar-refractivity contribution in [3.8, 4) is 17.2 Å². The Morgan fingerprint density at radius 2 is 0.719 bits per heavy atom. The van der Waals surface area contributed by atoms with E-state index in [4.69, 9.17) is 0 Å². The maximum absolute atomic E-state index is 11.7. The van der Waals surface area contributed by atoms with Gasteiger partial charge in [-0.05, 0) is 115 Å². The first-order valence-electron chi connectivity index (χ1n) is 21.5. The summed E-state index contributed by atoms with van der Waals surface area (Å²) in [5.41, 5.74) is 12.2. The van der Waals surface area contributed by atoms with Gasteiger partial charge >= 0.3 is 0 Å². The molecule has 1 aliphatic rings. The van der Waals surface area contributed by atoms with Crippen LogP contribution in [-0.4, -0.2) is 15.3 Å². The molecule has 0 radical (unpaired) electrons. The summed E-state index contributed by atoms with van der Waals surface area (Å²) in [5.74, 6) is 1.43. The minimum Gasteiger partial charge on any atom is -0.507 e. The number of phenolic OH excluding ortho intramolecular Hbond substituents is 3. The standard InChI is InChI=1S/C54H80O3/c1-32-37(22-34-24-39(48(3,4)5)45(55)40(25-34)49(6,7)8)31-54(21,30-36-28-43(52(15,16)17)47(57)44(29-36)53(18,19)20)33(2)38(32)23-35-26-41(50(9,10)11)46(56)42(27-35)51(12,13)14/h24-29,31-32,55-57H,22-23,30H2,1-21H3. The molecule has 0 aromatic heterocycles. The molecule has 3 nitrogen and oxygen atoms in total. The van der Waals surface area contributed by atoms with Crippen LogP contribution >= 0.6 is 0 Å². The predicted octanol–water partition coefficient (Wildman–Crippen LogP) is 14.5. The number of hydrogen-bond donors (Lipinski definition) is 3. The molecule has 57 heavy (non-hydrogen) atoms. The van der Waals surface area contributed by atoms with Crippen molar-refractivity contribution in [2.45, 2.75) is 197 Å². The average Bonchev–Trinajstić information content (AvgIpc) is 3.00. The molecule has 0 saturated heterocycles. The lowest BCUT2D eigenvalue weighted by molar-refractivity contribution is 0.420. The second-order valence-electron chi connectivity index (χ2n) is 24.2. The van der Waals surface area contributed by atoms with Gasteiger partial charge < -0.3 is 15.3 Å². The molecule has 1 aliphatic carbocycles. The number of phenols is 3. The van der Waals surface area contributed by atoms with E-state index in [0.29, 0.717) is 17.2 Å². The van der Waals surface area contributed by atoms with Gasteiger partial charge in [0.25, 0.3) is 0 Å². The highest BCUT2D eigenvalue weighted by Crippen LogP contribution is 2.49. The summed E-state index contributed by atoms with van der Waals surface area (Å²) in [6, 6.07) is 13.5. The Bertz CT molecular complexity index is 1950.